The van der Waals surface area contributed by atoms with Gasteiger partial charge in [-0.1, -0.05) is 209 Å². The van der Waals surface area contributed by atoms with E-state index in [2.05, 4.69) is 369 Å². The van der Waals surface area contributed by atoms with E-state index in [1.165, 1.54) is 324 Å². The second-order valence-electron chi connectivity index (χ2n) is 40.6. The fraction of sp³-hybridized carbons (Fsp3) is 0.258. The van der Waals surface area contributed by atoms with E-state index in [9.17, 15) is 0 Å². The molecular weight excluding hydrogens is 1610 g/mol. The van der Waals surface area contributed by atoms with Crippen LogP contribution in [-0.4, -0.2) is 0 Å². The summed E-state index contributed by atoms with van der Waals surface area (Å²) in [4.78, 5) is 0. The molecule has 0 radical (unpaired) electrons. The van der Waals surface area contributed by atoms with Crippen molar-refractivity contribution in [1.82, 2.24) is 0 Å². The van der Waals surface area contributed by atoms with Gasteiger partial charge in [0.25, 0.3) is 0 Å². The van der Waals surface area contributed by atoms with E-state index in [0.717, 1.165) is 44.7 Å². The van der Waals surface area contributed by atoms with Crippen molar-refractivity contribution in [2.75, 3.05) is 0 Å². The van der Waals surface area contributed by atoms with Gasteiger partial charge in [0, 0.05) is 111 Å². The fourth-order valence-corrected chi connectivity index (χ4v) is 27.1. The summed E-state index contributed by atoms with van der Waals surface area (Å²) in [6.45, 7) is 17.3. The molecule has 0 amide bonds. The zero-order chi connectivity index (χ0) is 89.3. The van der Waals surface area contributed by atoms with Crippen molar-refractivity contribution < 1.29 is 35.9 Å². The van der Waals surface area contributed by atoms with E-state index >= 15 is 0 Å². The number of fused-ring (bicyclic) bond motifs is 34. The van der Waals surface area contributed by atoms with Crippen LogP contribution in [0, 0.1) is 55.4 Å². The Kier molecular flexibility index (Phi) is 18.3. The van der Waals surface area contributed by atoms with Gasteiger partial charge in [0.2, 0.25) is 22.8 Å². The average molecular weight is 1720 g/mol. The molecule has 648 valence electrons. The van der Waals surface area contributed by atoms with E-state index in [1.54, 1.807) is 0 Å². The summed E-state index contributed by atoms with van der Waals surface area (Å²) in [7, 11) is 8.50. The molecule has 0 unspecified atom stereocenters. The summed E-state index contributed by atoms with van der Waals surface area (Å²) in [5.74, 6) is 0. The first-order valence-corrected chi connectivity index (χ1v) is 48.6. The van der Waals surface area contributed by atoms with Crippen molar-refractivity contribution >= 4 is 87.8 Å². The van der Waals surface area contributed by atoms with Gasteiger partial charge in [-0.25, -0.2) is 18.3 Å². The molecule has 20 aromatic rings. The monoisotopic (exact) mass is 1720 g/mol. The third kappa shape index (κ3) is 11.7. The summed E-state index contributed by atoms with van der Waals surface area (Å²) < 4.78 is 35.7. The largest absolute Gasteiger partial charge is 0.455 e. The van der Waals surface area contributed by atoms with Crippen molar-refractivity contribution in [2.24, 2.45) is 28.2 Å². The Morgan fingerprint density at radius 3 is 0.977 bits per heavy atom. The van der Waals surface area contributed by atoms with Crippen molar-refractivity contribution in [1.29, 1.82) is 0 Å². The Balaban J connectivity index is 0.0000000945. The van der Waals surface area contributed by atoms with Crippen molar-refractivity contribution in [3.63, 3.8) is 0 Å². The summed E-state index contributed by atoms with van der Waals surface area (Å²) in [6.07, 6.45) is 29.1. The summed E-state index contributed by atoms with van der Waals surface area (Å²) in [5, 5.41) is 10.0. The molecule has 0 atom stereocenters. The van der Waals surface area contributed by atoms with E-state index in [-0.39, 0.29) is 21.7 Å². The molecule has 8 heterocycles. The van der Waals surface area contributed by atoms with Crippen LogP contribution < -0.4 is 18.3 Å². The van der Waals surface area contributed by atoms with Crippen LogP contribution in [0.3, 0.4) is 0 Å². The molecule has 8 aliphatic carbocycles. The third-order valence-corrected chi connectivity index (χ3v) is 32.9. The number of pyridine rings is 4. The van der Waals surface area contributed by atoms with E-state index < -0.39 is 0 Å². The van der Waals surface area contributed by atoms with Crippen LogP contribution in [0.25, 0.3) is 177 Å². The maximum absolute atomic E-state index is 6.72. The van der Waals surface area contributed by atoms with Gasteiger partial charge in [0.05, 0.1) is 22.3 Å². The molecule has 0 bridgehead atoms. The molecule has 28 rings (SSSR count). The number of nitrogens with zero attached hydrogens (tertiary/aromatic N) is 4. The highest BCUT2D eigenvalue weighted by atomic mass is 16.3. The highest BCUT2D eigenvalue weighted by Gasteiger charge is 2.51. The maximum Gasteiger partial charge on any atom is 0.216 e. The van der Waals surface area contributed by atoms with Gasteiger partial charge in [0.1, 0.15) is 72.9 Å². The molecular formula is C124H112N4O4+4. The Labute approximate surface area is 772 Å². The lowest BCUT2D eigenvalue weighted by atomic mass is 9.75. The topological polar surface area (TPSA) is 68.1 Å². The van der Waals surface area contributed by atoms with E-state index in [4.69, 9.17) is 17.7 Å². The Morgan fingerprint density at radius 1 is 0.220 bits per heavy atom. The first-order chi connectivity index (χ1) is 64.3. The first-order valence-electron chi connectivity index (χ1n) is 48.6. The number of benzene rings is 12. The van der Waals surface area contributed by atoms with Crippen LogP contribution in [0.5, 0.6) is 0 Å². The molecule has 0 saturated heterocycles. The number of furan rings is 4. The first kappa shape index (κ1) is 80.5. The fourth-order valence-electron chi connectivity index (χ4n) is 27.1. The molecule has 4 fully saturated rings. The normalized spacial score (nSPS) is 16.1. The highest BCUT2D eigenvalue weighted by Crippen LogP contribution is 2.64. The van der Waals surface area contributed by atoms with Gasteiger partial charge >= 0.3 is 0 Å². The van der Waals surface area contributed by atoms with E-state index in [1.807, 2.05) is 0 Å². The minimum absolute atomic E-state index is 0.127. The van der Waals surface area contributed by atoms with Gasteiger partial charge in [-0.05, 0) is 279 Å². The molecule has 4 saturated carbocycles. The SMILES string of the molecule is Cc1ccc(-c2c(C)ccc3c2oc2cc4c(cc23)-c2ccccc2C42CCCC2)[n+](C)c1.Cc1ccc(-c2c(C)ccc3c2oc2cc4c(cc23)C2(CCCC2)c2ccccc2-4)[n+](C)c1.Cc1ccc(-c2c(C)ccc3c2oc2ccc4c(c23)-c2ccccc2C42CCCC2)[n+](C)c1.Cc1ccc(-c2c(C)ccc3c2oc2ccc4c(c23)C2(CCCC2)c2ccccc2-4)[n+](C)c1. The van der Waals surface area contributed by atoms with Gasteiger partial charge in [-0.3, -0.25) is 0 Å². The molecule has 8 aromatic heterocycles. The molecule has 8 heteroatoms. The minimum Gasteiger partial charge on any atom is -0.455 e. The van der Waals surface area contributed by atoms with Crippen LogP contribution in [0.1, 0.15) is 192 Å². The Morgan fingerprint density at radius 2 is 0.538 bits per heavy atom. The zero-order valence-corrected chi connectivity index (χ0v) is 78.1. The van der Waals surface area contributed by atoms with Gasteiger partial charge in [-0.15, -0.1) is 0 Å². The maximum atomic E-state index is 6.72. The van der Waals surface area contributed by atoms with E-state index in [0.29, 0.717) is 0 Å². The second-order valence-corrected chi connectivity index (χ2v) is 40.6. The zero-order valence-electron chi connectivity index (χ0n) is 78.1. The van der Waals surface area contributed by atoms with Gasteiger partial charge < -0.3 is 17.7 Å². The number of aryl methyl sites for hydroxylation is 12. The number of aromatic nitrogens is 4. The van der Waals surface area contributed by atoms with Crippen LogP contribution in [0.15, 0.2) is 285 Å². The van der Waals surface area contributed by atoms with Crippen molar-refractivity contribution in [3.8, 4) is 89.5 Å². The smallest absolute Gasteiger partial charge is 0.216 e. The van der Waals surface area contributed by atoms with Crippen LogP contribution in [0.4, 0.5) is 0 Å². The van der Waals surface area contributed by atoms with Crippen molar-refractivity contribution in [3.05, 3.63) is 356 Å². The molecule has 4 spiro atoms. The number of hydrogen-bond acceptors (Lipinski definition) is 4. The number of hydrogen-bond donors (Lipinski definition) is 0. The molecule has 8 aliphatic rings. The third-order valence-electron chi connectivity index (χ3n) is 32.9. The minimum atomic E-state index is 0.127. The van der Waals surface area contributed by atoms with Crippen LogP contribution in [0.2, 0.25) is 0 Å². The Bertz CT molecular complexity index is 8240. The summed E-state index contributed by atoms with van der Waals surface area (Å²) >= 11 is 0. The van der Waals surface area contributed by atoms with Crippen LogP contribution in [-0.2, 0) is 49.9 Å². The lowest BCUT2D eigenvalue weighted by Gasteiger charge is -2.27. The molecule has 12 aromatic carbocycles. The molecule has 8 nitrogen and oxygen atoms in total. The lowest BCUT2D eigenvalue weighted by molar-refractivity contribution is -0.660. The Hall–Kier alpha value is -13.6. The lowest BCUT2D eigenvalue weighted by Crippen LogP contribution is -2.31. The molecule has 0 N–H and O–H groups in total. The van der Waals surface area contributed by atoms with Crippen LogP contribution >= 0.6 is 0 Å². The highest BCUT2D eigenvalue weighted by molar-refractivity contribution is 6.19. The second kappa shape index (κ2) is 30.0. The number of rotatable bonds is 4. The standard InChI is InChI=1S/4C31H28NO/c1-19-10-14-25(32(3)18-19)27-20(2)11-12-23-28-26(33-30(23)27)15-13-22-21-8-4-5-9-24(21)31(29(22)28)16-6-7-17-31;1-19-10-14-25(32(3)18-19)27-20(2)11-12-22-29-26(33-30(22)27)15-13-24-28(29)21-8-4-5-9-23(21)31(24)16-6-7-17-31;1-19-10-13-27(32(3)18-19)29-20(2)11-12-22-24-16-26-23(17-28(24)33-30(22)29)21-8-4-5-9-25(21)31(26)14-6-7-15-31;1-19-10-13-27(32(3)18-19)29-20(2)11-12-22-24-16-23-21-8-4-5-9-25(21)31(14-6-7-15-31)26(23)17-28(24)33-30(22)29/h2*4-5,8-15,18H,6-7,16-17H2,1-3H3;2*4-5,8-13,16-18H,6-7,14-15H2,1-3H3/q4*+1. The molecule has 132 heavy (non-hydrogen) atoms. The predicted octanol–water partition coefficient (Wildman–Crippen LogP) is 30.1. The summed E-state index contributed by atoms with van der Waals surface area (Å²) in [5.41, 5.74) is 51.6. The quantitative estimate of drug-likeness (QED) is 0.165. The molecule has 0 aliphatic heterocycles. The van der Waals surface area contributed by atoms with Gasteiger partial charge in [0.15, 0.2) is 24.8 Å². The average Bonchev–Trinajstić information content (AvgIpc) is 1.54. The predicted molar refractivity (Wildman–Crippen MR) is 538 cm³/mol. The summed E-state index contributed by atoms with van der Waals surface area (Å²) in [6, 6.07) is 90.7. The van der Waals surface area contributed by atoms with Crippen molar-refractivity contribution in [2.45, 2.75) is 180 Å². The van der Waals surface area contributed by atoms with Gasteiger partial charge in [-0.2, -0.15) is 0 Å².